The lowest BCUT2D eigenvalue weighted by molar-refractivity contribution is -0.136. The fraction of sp³-hybridized carbons (Fsp3) is 0.667. The van der Waals surface area contributed by atoms with Crippen LogP contribution in [0.1, 0.15) is 48.8 Å². The number of carboxylic acids is 1. The van der Waals surface area contributed by atoms with E-state index in [1.165, 1.54) is 37.0 Å². The van der Waals surface area contributed by atoms with Crippen molar-refractivity contribution in [2.24, 2.45) is 5.92 Å². The van der Waals surface area contributed by atoms with Gasteiger partial charge >= 0.3 is 5.97 Å². The highest BCUT2D eigenvalue weighted by molar-refractivity contribution is 7.12. The molecule has 1 aromatic heterocycles. The summed E-state index contributed by atoms with van der Waals surface area (Å²) in [6.45, 7) is 3.21. The zero-order valence-electron chi connectivity index (χ0n) is 11.5. The highest BCUT2D eigenvalue weighted by Crippen LogP contribution is 2.24. The number of thiophene rings is 1. The Morgan fingerprint density at radius 2 is 2.05 bits per heavy atom. The van der Waals surface area contributed by atoms with Crippen molar-refractivity contribution >= 4 is 17.3 Å². The number of carbonyl (C=O) groups is 1. The maximum absolute atomic E-state index is 10.7. The second kappa shape index (κ2) is 7.06. The van der Waals surface area contributed by atoms with Gasteiger partial charge in [-0.25, -0.2) is 0 Å². The van der Waals surface area contributed by atoms with Crippen LogP contribution < -0.4 is 5.32 Å². The van der Waals surface area contributed by atoms with Crippen LogP contribution in [0.3, 0.4) is 0 Å². The van der Waals surface area contributed by atoms with Crippen LogP contribution in [0.5, 0.6) is 0 Å². The molecule has 1 saturated carbocycles. The molecule has 0 aliphatic heterocycles. The van der Waals surface area contributed by atoms with E-state index in [0.29, 0.717) is 6.04 Å². The number of aliphatic carboxylic acids is 1. The predicted octanol–water partition coefficient (Wildman–Crippen LogP) is 3.43. The summed E-state index contributed by atoms with van der Waals surface area (Å²) < 4.78 is 0. The standard InChI is InChI=1S/C15H23NO2S/c1-11-5-3-2-4-6-14(11)16-10-13-8-7-12(19-13)9-15(17)18/h7-8,11,14,16H,2-6,9-10H2,1H3,(H,17,18). The van der Waals surface area contributed by atoms with Crippen LogP contribution in [0.15, 0.2) is 12.1 Å². The molecule has 2 N–H and O–H groups in total. The van der Waals surface area contributed by atoms with Gasteiger partial charge in [0.2, 0.25) is 0 Å². The number of rotatable bonds is 5. The highest BCUT2D eigenvalue weighted by atomic mass is 32.1. The zero-order valence-corrected chi connectivity index (χ0v) is 12.3. The van der Waals surface area contributed by atoms with Gasteiger partial charge in [0.05, 0.1) is 6.42 Å². The monoisotopic (exact) mass is 281 g/mol. The third kappa shape index (κ3) is 4.62. The molecule has 0 amide bonds. The summed E-state index contributed by atoms with van der Waals surface area (Å²) in [6, 6.07) is 4.61. The highest BCUT2D eigenvalue weighted by Gasteiger charge is 2.19. The summed E-state index contributed by atoms with van der Waals surface area (Å²) in [7, 11) is 0. The minimum Gasteiger partial charge on any atom is -0.481 e. The molecule has 0 aromatic carbocycles. The second-order valence-electron chi connectivity index (χ2n) is 5.54. The number of nitrogens with one attached hydrogen (secondary N) is 1. The van der Waals surface area contributed by atoms with Gasteiger partial charge in [0.15, 0.2) is 0 Å². The average Bonchev–Trinajstić information content (AvgIpc) is 2.68. The topological polar surface area (TPSA) is 49.3 Å². The first kappa shape index (κ1) is 14.5. The van der Waals surface area contributed by atoms with Gasteiger partial charge in [-0.1, -0.05) is 26.2 Å². The van der Waals surface area contributed by atoms with Crippen LogP contribution >= 0.6 is 11.3 Å². The summed E-state index contributed by atoms with van der Waals surface area (Å²) in [5, 5.41) is 12.4. The Labute approximate surface area is 119 Å². The molecule has 0 saturated heterocycles. The lowest BCUT2D eigenvalue weighted by atomic mass is 9.97. The van der Waals surface area contributed by atoms with E-state index in [1.807, 2.05) is 6.07 Å². The largest absolute Gasteiger partial charge is 0.481 e. The van der Waals surface area contributed by atoms with Crippen molar-refractivity contribution in [2.75, 3.05) is 0 Å². The molecule has 1 fully saturated rings. The van der Waals surface area contributed by atoms with E-state index in [9.17, 15) is 4.79 Å². The van der Waals surface area contributed by atoms with Gasteiger partial charge in [0.25, 0.3) is 0 Å². The first-order chi connectivity index (χ1) is 9.15. The number of hydrogen-bond donors (Lipinski definition) is 2. The molecule has 2 unspecified atom stereocenters. The smallest absolute Gasteiger partial charge is 0.308 e. The van der Waals surface area contributed by atoms with Gasteiger partial charge in [0, 0.05) is 22.3 Å². The van der Waals surface area contributed by atoms with Crippen molar-refractivity contribution in [3.8, 4) is 0 Å². The average molecular weight is 281 g/mol. The van der Waals surface area contributed by atoms with Crippen LogP contribution in [0.4, 0.5) is 0 Å². The molecule has 3 nitrogen and oxygen atoms in total. The fourth-order valence-corrected chi connectivity index (χ4v) is 3.75. The van der Waals surface area contributed by atoms with Crippen molar-refractivity contribution in [1.29, 1.82) is 0 Å². The summed E-state index contributed by atoms with van der Waals surface area (Å²) in [5.41, 5.74) is 0. The third-order valence-electron chi connectivity index (χ3n) is 3.94. The van der Waals surface area contributed by atoms with Crippen LogP contribution in [-0.4, -0.2) is 17.1 Å². The van der Waals surface area contributed by atoms with Crippen molar-refractivity contribution in [3.05, 3.63) is 21.9 Å². The van der Waals surface area contributed by atoms with Crippen LogP contribution in [0.2, 0.25) is 0 Å². The molecule has 2 rings (SSSR count). The molecule has 106 valence electrons. The molecule has 1 aliphatic rings. The van der Waals surface area contributed by atoms with Gasteiger partial charge in [-0.2, -0.15) is 0 Å². The molecule has 0 spiro atoms. The van der Waals surface area contributed by atoms with E-state index < -0.39 is 5.97 Å². The Morgan fingerprint density at radius 1 is 1.32 bits per heavy atom. The Kier molecular flexibility index (Phi) is 5.40. The Morgan fingerprint density at radius 3 is 2.84 bits per heavy atom. The minimum absolute atomic E-state index is 0.143. The molecule has 2 atom stereocenters. The van der Waals surface area contributed by atoms with Gasteiger partial charge in [-0.15, -0.1) is 11.3 Å². The van der Waals surface area contributed by atoms with Gasteiger partial charge in [-0.05, 0) is 30.9 Å². The minimum atomic E-state index is -0.751. The molecule has 0 bridgehead atoms. The normalized spacial score (nSPS) is 24.1. The first-order valence-corrected chi connectivity index (χ1v) is 7.99. The van der Waals surface area contributed by atoms with E-state index in [4.69, 9.17) is 5.11 Å². The third-order valence-corrected chi connectivity index (χ3v) is 5.03. The number of carboxylic acid groups (broad SMARTS) is 1. The zero-order chi connectivity index (χ0) is 13.7. The number of hydrogen-bond acceptors (Lipinski definition) is 3. The van der Waals surface area contributed by atoms with Gasteiger partial charge in [-0.3, -0.25) is 4.79 Å². The van der Waals surface area contributed by atoms with Crippen molar-refractivity contribution in [2.45, 2.75) is 58.0 Å². The van der Waals surface area contributed by atoms with Gasteiger partial charge < -0.3 is 10.4 Å². The Hall–Kier alpha value is -0.870. The van der Waals surface area contributed by atoms with Gasteiger partial charge in [0.1, 0.15) is 0 Å². The van der Waals surface area contributed by atoms with Crippen molar-refractivity contribution < 1.29 is 9.90 Å². The van der Waals surface area contributed by atoms with E-state index in [1.54, 1.807) is 11.3 Å². The van der Waals surface area contributed by atoms with E-state index in [0.717, 1.165) is 17.3 Å². The SMILES string of the molecule is CC1CCCCCC1NCc1ccc(CC(=O)O)s1. The Bertz CT molecular complexity index is 416. The molecule has 19 heavy (non-hydrogen) atoms. The molecule has 1 aromatic rings. The van der Waals surface area contributed by atoms with E-state index in [2.05, 4.69) is 18.3 Å². The first-order valence-electron chi connectivity index (χ1n) is 7.18. The second-order valence-corrected chi connectivity index (χ2v) is 6.79. The molecule has 1 aliphatic carbocycles. The summed E-state index contributed by atoms with van der Waals surface area (Å²) >= 11 is 1.61. The quantitative estimate of drug-likeness (QED) is 0.813. The maximum atomic E-state index is 10.7. The van der Waals surface area contributed by atoms with E-state index in [-0.39, 0.29) is 6.42 Å². The molecule has 0 radical (unpaired) electrons. The fourth-order valence-electron chi connectivity index (χ4n) is 2.79. The predicted molar refractivity (Wildman–Crippen MR) is 78.5 cm³/mol. The molecular formula is C15H23NO2S. The Balaban J connectivity index is 1.83. The molecule has 1 heterocycles. The van der Waals surface area contributed by atoms with Crippen LogP contribution in [-0.2, 0) is 17.8 Å². The molecular weight excluding hydrogens is 258 g/mol. The summed E-state index contributed by atoms with van der Waals surface area (Å²) in [5.74, 6) is -0.000276. The van der Waals surface area contributed by atoms with Crippen LogP contribution in [0.25, 0.3) is 0 Å². The van der Waals surface area contributed by atoms with Crippen molar-refractivity contribution in [3.63, 3.8) is 0 Å². The van der Waals surface area contributed by atoms with E-state index >= 15 is 0 Å². The lowest BCUT2D eigenvalue weighted by Crippen LogP contribution is -2.33. The maximum Gasteiger partial charge on any atom is 0.308 e. The van der Waals surface area contributed by atoms with Crippen molar-refractivity contribution in [1.82, 2.24) is 5.32 Å². The summed E-state index contributed by atoms with van der Waals surface area (Å²) in [4.78, 5) is 12.8. The summed E-state index contributed by atoms with van der Waals surface area (Å²) in [6.07, 6.45) is 6.80. The van der Waals surface area contributed by atoms with Crippen LogP contribution in [0, 0.1) is 5.92 Å². The molecule has 4 heteroatoms. The lowest BCUT2D eigenvalue weighted by Gasteiger charge is -2.22.